The van der Waals surface area contributed by atoms with E-state index in [4.69, 9.17) is 0 Å². The summed E-state index contributed by atoms with van der Waals surface area (Å²) in [4.78, 5) is 39.8. The third-order valence-electron chi connectivity index (χ3n) is 3.70. The second-order valence-corrected chi connectivity index (χ2v) is 6.27. The van der Waals surface area contributed by atoms with Crippen LogP contribution < -0.4 is 16.6 Å². The monoisotopic (exact) mass is 387 g/mol. The van der Waals surface area contributed by atoms with Crippen LogP contribution in [0.4, 0.5) is 5.69 Å². The van der Waals surface area contributed by atoms with Crippen molar-refractivity contribution < 1.29 is 4.79 Å². The van der Waals surface area contributed by atoms with Crippen molar-refractivity contribution in [2.45, 2.75) is 13.3 Å². The van der Waals surface area contributed by atoms with Crippen LogP contribution in [0, 0.1) is 6.92 Å². The largest absolute Gasteiger partial charge is 0.326 e. The number of rotatable bonds is 3. The maximum absolute atomic E-state index is 12.2. The fourth-order valence-electron chi connectivity index (χ4n) is 2.53. The summed E-state index contributed by atoms with van der Waals surface area (Å²) < 4.78 is 0.980. The molecule has 122 valence electrons. The van der Waals surface area contributed by atoms with Crippen LogP contribution in [0.2, 0.25) is 0 Å². The lowest BCUT2D eigenvalue weighted by Crippen LogP contribution is -2.29. The molecule has 0 saturated carbocycles. The molecule has 3 aromatic rings. The molecule has 0 atom stereocenters. The van der Waals surface area contributed by atoms with Crippen molar-refractivity contribution in [3.8, 4) is 0 Å². The molecule has 0 unspecified atom stereocenters. The van der Waals surface area contributed by atoms with Crippen LogP contribution in [0.25, 0.3) is 10.8 Å². The summed E-state index contributed by atoms with van der Waals surface area (Å²) in [5.74, 6) is -0.329. The number of carbonyl (C=O) groups excluding carboxylic acids is 1. The molecule has 0 aliphatic carbocycles. The number of amides is 1. The molecule has 3 N–H and O–H groups in total. The lowest BCUT2D eigenvalue weighted by atomic mass is 10.1. The van der Waals surface area contributed by atoms with E-state index < -0.39 is 11.2 Å². The fourth-order valence-corrected chi connectivity index (χ4v) is 3.04. The number of aromatic nitrogens is 2. The number of aromatic amines is 2. The number of anilines is 1. The Morgan fingerprint density at radius 3 is 2.71 bits per heavy atom. The topological polar surface area (TPSA) is 94.8 Å². The van der Waals surface area contributed by atoms with Crippen LogP contribution in [0.3, 0.4) is 0 Å². The van der Waals surface area contributed by atoms with E-state index in [1.807, 2.05) is 30.3 Å². The Hall–Kier alpha value is -2.67. The molecular formula is C17H14BrN3O3. The summed E-state index contributed by atoms with van der Waals surface area (Å²) in [7, 11) is 0. The van der Waals surface area contributed by atoms with Gasteiger partial charge in [0.25, 0.3) is 5.56 Å². The highest BCUT2D eigenvalue weighted by atomic mass is 79.9. The van der Waals surface area contributed by atoms with Crippen molar-refractivity contribution in [3.05, 3.63) is 73.0 Å². The van der Waals surface area contributed by atoms with E-state index in [-0.39, 0.29) is 17.9 Å². The Labute approximate surface area is 145 Å². The Morgan fingerprint density at radius 2 is 1.96 bits per heavy atom. The number of hydrogen-bond donors (Lipinski definition) is 3. The van der Waals surface area contributed by atoms with E-state index in [0.29, 0.717) is 11.4 Å². The number of carbonyl (C=O) groups is 1. The van der Waals surface area contributed by atoms with E-state index in [9.17, 15) is 14.4 Å². The minimum Gasteiger partial charge on any atom is -0.326 e. The van der Waals surface area contributed by atoms with Gasteiger partial charge in [0.15, 0.2) is 0 Å². The van der Waals surface area contributed by atoms with Gasteiger partial charge < -0.3 is 10.3 Å². The van der Waals surface area contributed by atoms with Crippen molar-refractivity contribution >= 4 is 38.3 Å². The van der Waals surface area contributed by atoms with Gasteiger partial charge in [0, 0.05) is 21.4 Å². The lowest BCUT2D eigenvalue weighted by molar-refractivity contribution is -0.115. The molecule has 0 radical (unpaired) electrons. The lowest BCUT2D eigenvalue weighted by Gasteiger charge is -2.08. The number of benzene rings is 2. The average Bonchev–Trinajstić information content (AvgIpc) is 2.51. The first-order valence-electron chi connectivity index (χ1n) is 7.24. The van der Waals surface area contributed by atoms with Gasteiger partial charge in [-0.15, -0.1) is 0 Å². The molecular weight excluding hydrogens is 374 g/mol. The number of halogens is 1. The SMILES string of the molecule is Cc1[nH]c(=O)[nH]c(=O)c1CC(=O)Nc1ccc2c(Br)cccc2c1. The first kappa shape index (κ1) is 16.2. The predicted molar refractivity (Wildman–Crippen MR) is 96.4 cm³/mol. The second kappa shape index (κ2) is 6.45. The van der Waals surface area contributed by atoms with Crippen LogP contribution in [0.15, 0.2) is 50.5 Å². The van der Waals surface area contributed by atoms with Crippen LogP contribution in [-0.2, 0) is 11.2 Å². The van der Waals surface area contributed by atoms with Crippen LogP contribution in [-0.4, -0.2) is 15.9 Å². The van der Waals surface area contributed by atoms with Gasteiger partial charge in [-0.2, -0.15) is 0 Å². The van der Waals surface area contributed by atoms with E-state index in [0.717, 1.165) is 15.2 Å². The zero-order valence-corrected chi connectivity index (χ0v) is 14.4. The molecule has 0 bridgehead atoms. The highest BCUT2D eigenvalue weighted by Crippen LogP contribution is 2.26. The molecule has 7 heteroatoms. The van der Waals surface area contributed by atoms with E-state index in [2.05, 4.69) is 31.2 Å². The second-order valence-electron chi connectivity index (χ2n) is 5.41. The van der Waals surface area contributed by atoms with Gasteiger partial charge in [0.05, 0.1) is 6.42 Å². The Morgan fingerprint density at radius 1 is 1.17 bits per heavy atom. The van der Waals surface area contributed by atoms with Gasteiger partial charge >= 0.3 is 5.69 Å². The summed E-state index contributed by atoms with van der Waals surface area (Å²) in [6, 6.07) is 11.4. The predicted octanol–water partition coefficient (Wildman–Crippen LogP) is 2.47. The maximum atomic E-state index is 12.2. The Bertz CT molecular complexity index is 1050. The number of aryl methyl sites for hydroxylation is 1. The summed E-state index contributed by atoms with van der Waals surface area (Å²) in [6.45, 7) is 1.59. The first-order valence-corrected chi connectivity index (χ1v) is 8.03. The summed E-state index contributed by atoms with van der Waals surface area (Å²) in [5, 5.41) is 4.80. The molecule has 1 aromatic heterocycles. The summed E-state index contributed by atoms with van der Waals surface area (Å²) >= 11 is 3.48. The minimum atomic E-state index is -0.582. The smallest absolute Gasteiger partial charge is 0.325 e. The molecule has 1 heterocycles. The molecule has 3 rings (SSSR count). The molecule has 0 fully saturated rings. The van der Waals surface area contributed by atoms with Gasteiger partial charge in [-0.25, -0.2) is 4.79 Å². The van der Waals surface area contributed by atoms with Crippen molar-refractivity contribution in [2.24, 2.45) is 0 Å². The molecule has 6 nitrogen and oxygen atoms in total. The quantitative estimate of drug-likeness (QED) is 0.643. The molecule has 1 amide bonds. The van der Waals surface area contributed by atoms with E-state index >= 15 is 0 Å². The number of fused-ring (bicyclic) bond motifs is 1. The molecule has 0 aliphatic rings. The minimum absolute atomic E-state index is 0.117. The third-order valence-corrected chi connectivity index (χ3v) is 4.39. The zero-order chi connectivity index (χ0) is 17.3. The summed E-state index contributed by atoms with van der Waals surface area (Å²) in [6.07, 6.45) is -0.117. The number of H-pyrrole nitrogens is 2. The van der Waals surface area contributed by atoms with Crippen molar-refractivity contribution in [2.75, 3.05) is 5.32 Å². The Kier molecular flexibility index (Phi) is 4.35. The van der Waals surface area contributed by atoms with Crippen LogP contribution >= 0.6 is 15.9 Å². The molecule has 2 aromatic carbocycles. The van der Waals surface area contributed by atoms with Crippen LogP contribution in [0.1, 0.15) is 11.3 Å². The Balaban J connectivity index is 1.83. The average molecular weight is 388 g/mol. The first-order chi connectivity index (χ1) is 11.4. The van der Waals surface area contributed by atoms with E-state index in [1.54, 1.807) is 13.0 Å². The standard InChI is InChI=1S/C17H14BrN3O3/c1-9-13(16(23)21-17(24)19-9)8-15(22)20-11-5-6-12-10(7-11)3-2-4-14(12)18/h2-7H,8H2,1H3,(H,20,22)(H2,19,21,23,24). The fraction of sp³-hybridized carbons (Fsp3) is 0.118. The van der Waals surface area contributed by atoms with Crippen molar-refractivity contribution in [3.63, 3.8) is 0 Å². The van der Waals surface area contributed by atoms with Crippen molar-refractivity contribution in [1.29, 1.82) is 0 Å². The van der Waals surface area contributed by atoms with Gasteiger partial charge in [-0.05, 0) is 35.9 Å². The van der Waals surface area contributed by atoms with Gasteiger partial charge in [0.2, 0.25) is 5.91 Å². The highest BCUT2D eigenvalue weighted by Gasteiger charge is 2.12. The number of hydrogen-bond acceptors (Lipinski definition) is 3. The van der Waals surface area contributed by atoms with E-state index in [1.165, 1.54) is 0 Å². The molecule has 24 heavy (non-hydrogen) atoms. The number of nitrogens with one attached hydrogen (secondary N) is 3. The van der Waals surface area contributed by atoms with Gasteiger partial charge in [-0.1, -0.05) is 34.1 Å². The zero-order valence-electron chi connectivity index (χ0n) is 12.8. The molecule has 0 aliphatic heterocycles. The van der Waals surface area contributed by atoms with Crippen LogP contribution in [0.5, 0.6) is 0 Å². The van der Waals surface area contributed by atoms with Gasteiger partial charge in [0.1, 0.15) is 0 Å². The van der Waals surface area contributed by atoms with Gasteiger partial charge in [-0.3, -0.25) is 14.6 Å². The maximum Gasteiger partial charge on any atom is 0.325 e. The molecule has 0 spiro atoms. The summed E-state index contributed by atoms with van der Waals surface area (Å²) in [5.41, 5.74) is 0.150. The van der Waals surface area contributed by atoms with Crippen molar-refractivity contribution in [1.82, 2.24) is 9.97 Å². The molecule has 0 saturated heterocycles. The third kappa shape index (κ3) is 3.30. The highest BCUT2D eigenvalue weighted by molar-refractivity contribution is 9.10. The normalized spacial score (nSPS) is 10.8.